The number of aromatic nitrogens is 1. The molecule has 31 heavy (non-hydrogen) atoms. The van der Waals surface area contributed by atoms with Gasteiger partial charge in [0.2, 0.25) is 5.91 Å². The number of amides is 2. The van der Waals surface area contributed by atoms with Crippen molar-refractivity contribution >= 4 is 23.2 Å². The normalized spacial score (nSPS) is 24.8. The van der Waals surface area contributed by atoms with Crippen molar-refractivity contribution in [3.05, 3.63) is 53.3 Å². The first-order valence-electron chi connectivity index (χ1n) is 11.1. The van der Waals surface area contributed by atoms with Gasteiger partial charge in [0.15, 0.2) is 0 Å². The van der Waals surface area contributed by atoms with E-state index in [0.717, 1.165) is 56.9 Å². The van der Waals surface area contributed by atoms with E-state index in [9.17, 15) is 9.59 Å². The predicted molar refractivity (Wildman–Crippen MR) is 120 cm³/mol. The molecule has 1 aromatic carbocycles. The van der Waals surface area contributed by atoms with Crippen LogP contribution >= 0.6 is 0 Å². The smallest absolute Gasteiger partial charge is 0.269 e. The van der Waals surface area contributed by atoms with Gasteiger partial charge in [-0.15, -0.1) is 0 Å². The monoisotopic (exact) mass is 419 g/mol. The lowest BCUT2D eigenvalue weighted by Crippen LogP contribution is -2.46. The summed E-state index contributed by atoms with van der Waals surface area (Å²) in [6.45, 7) is 6.76. The number of nitrogens with zero attached hydrogens (tertiary/aromatic N) is 3. The van der Waals surface area contributed by atoms with E-state index in [4.69, 9.17) is 0 Å². The molecule has 0 radical (unpaired) electrons. The number of benzene rings is 1. The highest BCUT2D eigenvalue weighted by molar-refractivity contribution is 6.02. The molecule has 0 bridgehead atoms. The summed E-state index contributed by atoms with van der Waals surface area (Å²) in [5, 5.41) is 5.76. The van der Waals surface area contributed by atoms with Crippen molar-refractivity contribution in [1.29, 1.82) is 0 Å². The Balaban J connectivity index is 1.19. The van der Waals surface area contributed by atoms with Crippen molar-refractivity contribution in [2.24, 2.45) is 5.41 Å². The molecule has 0 spiro atoms. The van der Waals surface area contributed by atoms with Crippen molar-refractivity contribution < 1.29 is 9.59 Å². The van der Waals surface area contributed by atoms with Gasteiger partial charge in [0.1, 0.15) is 5.69 Å². The van der Waals surface area contributed by atoms with Crippen LogP contribution in [0.2, 0.25) is 0 Å². The fourth-order valence-corrected chi connectivity index (χ4v) is 5.13. The van der Waals surface area contributed by atoms with Crippen LogP contribution in [-0.2, 0) is 11.3 Å². The summed E-state index contributed by atoms with van der Waals surface area (Å²) in [4.78, 5) is 33.2. The molecule has 3 heterocycles. The highest BCUT2D eigenvalue weighted by Gasteiger charge is 2.61. The lowest BCUT2D eigenvalue weighted by Gasteiger charge is -2.36. The van der Waals surface area contributed by atoms with Gasteiger partial charge < -0.3 is 15.5 Å². The number of fused-ring (bicyclic) bond motifs is 3. The fourth-order valence-electron chi connectivity index (χ4n) is 5.13. The van der Waals surface area contributed by atoms with Crippen molar-refractivity contribution in [1.82, 2.24) is 15.2 Å². The number of carbonyl (C=O) groups excluding carboxylic acids is 2. The summed E-state index contributed by atoms with van der Waals surface area (Å²) in [5.74, 6) is 0.441. The van der Waals surface area contributed by atoms with Gasteiger partial charge in [-0.2, -0.15) is 0 Å². The Morgan fingerprint density at radius 1 is 1.23 bits per heavy atom. The summed E-state index contributed by atoms with van der Waals surface area (Å²) in [7, 11) is 1.61. The molecule has 7 nitrogen and oxygen atoms in total. The number of nitrogens with one attached hydrogen (secondary N) is 2. The standard InChI is InChI=1S/C24H29N5O2/c1-3-24-13-19(24)18-6-4-16(12-21(18)27-23(24)31)15-28-8-10-29(11-9-28)17-5-7-20(26-14-17)22(30)25-2/h4-7,12,14,19H,3,8-11,13,15H2,1-2H3,(H,25,30)(H,27,31). The average molecular weight is 420 g/mol. The number of hydrogen-bond acceptors (Lipinski definition) is 5. The van der Waals surface area contributed by atoms with E-state index in [1.54, 1.807) is 19.3 Å². The zero-order valence-electron chi connectivity index (χ0n) is 18.1. The molecule has 1 aliphatic carbocycles. The van der Waals surface area contributed by atoms with Crippen LogP contribution < -0.4 is 15.5 Å². The highest BCUT2D eigenvalue weighted by atomic mass is 16.2. The molecule has 2 fully saturated rings. The van der Waals surface area contributed by atoms with E-state index in [2.05, 4.69) is 50.5 Å². The Bertz CT molecular complexity index is 1010. The zero-order valence-corrected chi connectivity index (χ0v) is 18.1. The quantitative estimate of drug-likeness (QED) is 0.779. The summed E-state index contributed by atoms with van der Waals surface area (Å²) < 4.78 is 0. The average Bonchev–Trinajstić information content (AvgIpc) is 3.56. The molecule has 2 atom stereocenters. The van der Waals surface area contributed by atoms with Gasteiger partial charge in [0.05, 0.1) is 17.3 Å². The second-order valence-electron chi connectivity index (χ2n) is 8.89. The molecular formula is C24H29N5O2. The molecule has 3 aliphatic rings. The number of rotatable bonds is 5. The van der Waals surface area contributed by atoms with Crippen molar-refractivity contribution in [2.75, 3.05) is 43.4 Å². The Morgan fingerprint density at radius 2 is 2.03 bits per heavy atom. The number of carbonyl (C=O) groups is 2. The zero-order chi connectivity index (χ0) is 21.6. The van der Waals surface area contributed by atoms with E-state index in [-0.39, 0.29) is 17.2 Å². The Hall–Kier alpha value is -2.93. The lowest BCUT2D eigenvalue weighted by molar-refractivity contribution is -0.121. The van der Waals surface area contributed by atoms with Gasteiger partial charge >= 0.3 is 0 Å². The fraction of sp³-hybridized carbons (Fsp3) is 0.458. The molecule has 2 aromatic rings. The van der Waals surface area contributed by atoms with E-state index in [1.165, 1.54) is 11.1 Å². The van der Waals surface area contributed by atoms with E-state index < -0.39 is 0 Å². The predicted octanol–water partition coefficient (Wildman–Crippen LogP) is 2.60. The van der Waals surface area contributed by atoms with Crippen LogP contribution in [0.1, 0.15) is 47.3 Å². The minimum Gasteiger partial charge on any atom is -0.368 e. The van der Waals surface area contributed by atoms with E-state index >= 15 is 0 Å². The minimum atomic E-state index is -0.167. The third-order valence-corrected chi connectivity index (χ3v) is 7.25. The van der Waals surface area contributed by atoms with Crippen LogP contribution in [-0.4, -0.2) is 54.9 Å². The molecule has 1 saturated carbocycles. The maximum absolute atomic E-state index is 12.5. The van der Waals surface area contributed by atoms with Gasteiger partial charge in [0, 0.05) is 51.4 Å². The molecule has 2 amide bonds. The molecule has 7 heteroatoms. The van der Waals surface area contributed by atoms with Crippen molar-refractivity contribution in [2.45, 2.75) is 32.2 Å². The maximum Gasteiger partial charge on any atom is 0.269 e. The van der Waals surface area contributed by atoms with Gasteiger partial charge in [-0.25, -0.2) is 4.98 Å². The van der Waals surface area contributed by atoms with Crippen LogP contribution in [0, 0.1) is 5.41 Å². The first-order valence-corrected chi connectivity index (χ1v) is 11.1. The molecule has 162 valence electrons. The van der Waals surface area contributed by atoms with Gasteiger partial charge in [-0.3, -0.25) is 14.5 Å². The molecule has 1 aromatic heterocycles. The van der Waals surface area contributed by atoms with Crippen molar-refractivity contribution in [3.8, 4) is 0 Å². The van der Waals surface area contributed by atoms with Gasteiger partial charge in [-0.1, -0.05) is 19.1 Å². The molecular weight excluding hydrogens is 390 g/mol. The Labute approximate surface area is 182 Å². The van der Waals surface area contributed by atoms with E-state index in [1.807, 2.05) is 6.07 Å². The lowest BCUT2D eigenvalue weighted by atomic mass is 9.90. The summed E-state index contributed by atoms with van der Waals surface area (Å²) in [6.07, 6.45) is 3.68. The van der Waals surface area contributed by atoms with Gasteiger partial charge in [-0.05, 0) is 42.2 Å². The summed E-state index contributed by atoms with van der Waals surface area (Å²) in [6, 6.07) is 10.4. The van der Waals surface area contributed by atoms with Gasteiger partial charge in [0.25, 0.3) is 5.91 Å². The van der Waals surface area contributed by atoms with Crippen LogP contribution in [0.4, 0.5) is 11.4 Å². The Kier molecular flexibility index (Phi) is 4.93. The first-order chi connectivity index (χ1) is 15.0. The number of piperazine rings is 1. The third kappa shape index (κ3) is 3.47. The van der Waals surface area contributed by atoms with Crippen LogP contribution in [0.25, 0.3) is 0 Å². The van der Waals surface area contributed by atoms with Crippen LogP contribution in [0.15, 0.2) is 36.5 Å². The van der Waals surface area contributed by atoms with Crippen LogP contribution in [0.5, 0.6) is 0 Å². The minimum absolute atomic E-state index is 0.141. The summed E-state index contributed by atoms with van der Waals surface area (Å²) >= 11 is 0. The van der Waals surface area contributed by atoms with Crippen LogP contribution in [0.3, 0.4) is 0 Å². The molecule has 2 aliphatic heterocycles. The maximum atomic E-state index is 12.5. The second kappa shape index (κ2) is 7.64. The largest absolute Gasteiger partial charge is 0.368 e. The van der Waals surface area contributed by atoms with Crippen molar-refractivity contribution in [3.63, 3.8) is 0 Å². The second-order valence-corrected chi connectivity index (χ2v) is 8.89. The number of hydrogen-bond donors (Lipinski definition) is 2. The van der Waals surface area contributed by atoms with E-state index in [0.29, 0.717) is 11.6 Å². The molecule has 2 unspecified atom stereocenters. The number of anilines is 2. The molecule has 2 N–H and O–H groups in total. The third-order valence-electron chi connectivity index (χ3n) is 7.25. The number of pyridine rings is 1. The highest BCUT2D eigenvalue weighted by Crippen LogP contribution is 2.65. The topological polar surface area (TPSA) is 77.6 Å². The SMILES string of the molecule is CCC12CC1c1ccc(CN3CCN(c4ccc(C(=O)NC)nc4)CC3)cc1NC2=O. The molecule has 5 rings (SSSR count). The molecule has 1 saturated heterocycles. The summed E-state index contributed by atoms with van der Waals surface area (Å²) in [5.41, 5.74) is 4.91. The Morgan fingerprint density at radius 3 is 2.71 bits per heavy atom. The first kappa shape index (κ1) is 20.0.